The number of anilines is 1. The van der Waals surface area contributed by atoms with Crippen molar-refractivity contribution in [2.24, 2.45) is 0 Å². The highest BCUT2D eigenvalue weighted by Crippen LogP contribution is 2.32. The minimum Gasteiger partial charge on any atom is -0.375 e. The predicted octanol–water partition coefficient (Wildman–Crippen LogP) is 4.88. The van der Waals surface area contributed by atoms with E-state index in [1.165, 1.54) is 11.3 Å². The van der Waals surface area contributed by atoms with Gasteiger partial charge in [0.2, 0.25) is 0 Å². The molecular formula is C25H21N5O2S. The van der Waals surface area contributed by atoms with Gasteiger partial charge in [0.05, 0.1) is 28.1 Å². The van der Waals surface area contributed by atoms with E-state index in [1.54, 1.807) is 17.6 Å². The molecule has 7 nitrogen and oxygen atoms in total. The standard InChI is InChI=1S/C25H21N5O2S/c1-15-4-2-3-5-19(15)22-13-21(18-10-11-20-23(12-18)33-25(26)27-20)28-30(22)14-16-6-8-17(9-7-16)24(31)29-32/h2-13,32H,14H2,1H3,(H2,26,27)(H,29,31). The first kappa shape index (κ1) is 20.9. The number of amides is 1. The second kappa shape index (κ2) is 8.50. The monoisotopic (exact) mass is 455 g/mol. The molecule has 0 aliphatic rings. The van der Waals surface area contributed by atoms with Gasteiger partial charge in [-0.05, 0) is 48.4 Å². The summed E-state index contributed by atoms with van der Waals surface area (Å²) < 4.78 is 3.00. The fraction of sp³-hybridized carbons (Fsp3) is 0.0800. The number of thiazole rings is 1. The minimum atomic E-state index is -0.539. The second-order valence-corrected chi connectivity index (χ2v) is 8.82. The highest BCUT2D eigenvalue weighted by molar-refractivity contribution is 7.22. The third-order valence-corrected chi connectivity index (χ3v) is 6.40. The van der Waals surface area contributed by atoms with Gasteiger partial charge in [-0.3, -0.25) is 14.7 Å². The maximum Gasteiger partial charge on any atom is 0.274 e. The summed E-state index contributed by atoms with van der Waals surface area (Å²) in [6, 6.07) is 23.5. The van der Waals surface area contributed by atoms with Crippen LogP contribution in [0.25, 0.3) is 32.7 Å². The summed E-state index contributed by atoms with van der Waals surface area (Å²) in [5.41, 5.74) is 14.9. The molecule has 0 radical (unpaired) electrons. The molecule has 0 atom stereocenters. The molecule has 0 fully saturated rings. The lowest BCUT2D eigenvalue weighted by molar-refractivity contribution is 0.0706. The average molecular weight is 456 g/mol. The van der Waals surface area contributed by atoms with Crippen molar-refractivity contribution >= 4 is 32.6 Å². The van der Waals surface area contributed by atoms with Gasteiger partial charge in [0.1, 0.15) is 0 Å². The predicted molar refractivity (Wildman–Crippen MR) is 130 cm³/mol. The van der Waals surface area contributed by atoms with Crippen molar-refractivity contribution in [3.05, 3.63) is 89.5 Å². The first-order valence-corrected chi connectivity index (χ1v) is 11.2. The lowest BCUT2D eigenvalue weighted by atomic mass is 10.0. The van der Waals surface area contributed by atoms with E-state index in [-0.39, 0.29) is 0 Å². The van der Waals surface area contributed by atoms with Crippen LogP contribution >= 0.6 is 11.3 Å². The van der Waals surface area contributed by atoms with Crippen LogP contribution in [0, 0.1) is 6.92 Å². The van der Waals surface area contributed by atoms with Crippen molar-refractivity contribution < 1.29 is 10.0 Å². The van der Waals surface area contributed by atoms with Gasteiger partial charge in [-0.15, -0.1) is 0 Å². The molecule has 0 spiro atoms. The molecule has 1 amide bonds. The molecule has 0 bridgehead atoms. The molecule has 164 valence electrons. The molecule has 2 aromatic heterocycles. The summed E-state index contributed by atoms with van der Waals surface area (Å²) in [6.07, 6.45) is 0. The van der Waals surface area contributed by atoms with Crippen LogP contribution in [0.2, 0.25) is 0 Å². The van der Waals surface area contributed by atoms with Crippen LogP contribution in [0.5, 0.6) is 0 Å². The van der Waals surface area contributed by atoms with Gasteiger partial charge >= 0.3 is 0 Å². The molecule has 5 rings (SSSR count). The number of hydrogen-bond donors (Lipinski definition) is 3. The fourth-order valence-corrected chi connectivity index (χ4v) is 4.63. The highest BCUT2D eigenvalue weighted by atomic mass is 32.1. The first-order chi connectivity index (χ1) is 16.0. The third kappa shape index (κ3) is 4.09. The highest BCUT2D eigenvalue weighted by Gasteiger charge is 2.15. The molecule has 0 saturated heterocycles. The molecule has 3 aromatic carbocycles. The number of nitrogens with two attached hydrogens (primary N) is 1. The second-order valence-electron chi connectivity index (χ2n) is 7.76. The van der Waals surface area contributed by atoms with E-state index in [0.717, 1.165) is 43.9 Å². The molecule has 0 aliphatic heterocycles. The molecule has 2 heterocycles. The van der Waals surface area contributed by atoms with Crippen LogP contribution < -0.4 is 11.2 Å². The number of aryl methyl sites for hydroxylation is 1. The number of nitrogens with zero attached hydrogens (tertiary/aromatic N) is 3. The van der Waals surface area contributed by atoms with Crippen LogP contribution in [0.1, 0.15) is 21.5 Å². The molecule has 8 heteroatoms. The van der Waals surface area contributed by atoms with E-state index in [1.807, 2.05) is 41.1 Å². The summed E-state index contributed by atoms with van der Waals surface area (Å²) >= 11 is 1.46. The number of rotatable bonds is 5. The number of hydrogen-bond acceptors (Lipinski definition) is 6. The largest absolute Gasteiger partial charge is 0.375 e. The molecule has 0 unspecified atom stereocenters. The molecule has 33 heavy (non-hydrogen) atoms. The number of aromatic nitrogens is 3. The zero-order valence-electron chi connectivity index (χ0n) is 17.8. The molecule has 5 aromatic rings. The van der Waals surface area contributed by atoms with Gasteiger partial charge in [-0.2, -0.15) is 5.10 Å². The van der Waals surface area contributed by atoms with Gasteiger partial charge in [-0.1, -0.05) is 53.8 Å². The number of nitrogens with one attached hydrogen (secondary N) is 1. The van der Waals surface area contributed by atoms with Crippen molar-refractivity contribution in [1.82, 2.24) is 20.2 Å². The SMILES string of the molecule is Cc1ccccc1-c1cc(-c2ccc3nc(N)sc3c2)nn1Cc1ccc(C(=O)NO)cc1. The number of nitrogen functional groups attached to an aromatic ring is 1. The van der Waals surface area contributed by atoms with Crippen LogP contribution in [0.15, 0.2) is 72.8 Å². The van der Waals surface area contributed by atoms with Crippen LogP contribution in [0.4, 0.5) is 5.13 Å². The Morgan fingerprint density at radius 2 is 1.88 bits per heavy atom. The minimum absolute atomic E-state index is 0.388. The Kier molecular flexibility index (Phi) is 5.37. The number of carbonyl (C=O) groups excluding carboxylic acids is 1. The van der Waals surface area contributed by atoms with E-state index in [9.17, 15) is 4.79 Å². The Labute approximate surface area is 194 Å². The normalized spacial score (nSPS) is 11.1. The topological polar surface area (TPSA) is 106 Å². The molecule has 0 aliphatic carbocycles. The van der Waals surface area contributed by atoms with Crippen molar-refractivity contribution in [2.75, 3.05) is 5.73 Å². The van der Waals surface area contributed by atoms with E-state index < -0.39 is 5.91 Å². The number of carbonyl (C=O) groups is 1. The number of fused-ring (bicyclic) bond motifs is 1. The van der Waals surface area contributed by atoms with Gasteiger partial charge in [0.25, 0.3) is 5.91 Å². The summed E-state index contributed by atoms with van der Waals surface area (Å²) in [4.78, 5) is 16.0. The molecule has 4 N–H and O–H groups in total. The summed E-state index contributed by atoms with van der Waals surface area (Å²) in [7, 11) is 0. The van der Waals surface area contributed by atoms with Crippen LogP contribution in [-0.2, 0) is 6.54 Å². The van der Waals surface area contributed by atoms with Crippen molar-refractivity contribution in [3.8, 4) is 22.5 Å². The summed E-state index contributed by atoms with van der Waals surface area (Å²) in [5, 5.41) is 14.3. The molecule has 0 saturated carbocycles. The van der Waals surface area contributed by atoms with Gasteiger partial charge < -0.3 is 5.73 Å². The third-order valence-electron chi connectivity index (χ3n) is 5.55. The quantitative estimate of drug-likeness (QED) is 0.259. The fourth-order valence-electron chi connectivity index (χ4n) is 3.86. The maximum absolute atomic E-state index is 11.6. The first-order valence-electron chi connectivity index (χ1n) is 10.4. The van der Waals surface area contributed by atoms with Crippen molar-refractivity contribution in [1.29, 1.82) is 0 Å². The number of hydroxylamine groups is 1. The zero-order valence-corrected chi connectivity index (χ0v) is 18.6. The lowest BCUT2D eigenvalue weighted by Gasteiger charge is -2.10. The van der Waals surface area contributed by atoms with Gasteiger partial charge in [0, 0.05) is 16.7 Å². The van der Waals surface area contributed by atoms with E-state index in [2.05, 4.69) is 36.2 Å². The summed E-state index contributed by atoms with van der Waals surface area (Å²) in [6.45, 7) is 2.61. The van der Waals surface area contributed by atoms with E-state index in [0.29, 0.717) is 17.2 Å². The summed E-state index contributed by atoms with van der Waals surface area (Å²) in [5.74, 6) is -0.539. The number of benzene rings is 3. The Hall–Kier alpha value is -4.01. The van der Waals surface area contributed by atoms with Crippen molar-refractivity contribution in [2.45, 2.75) is 13.5 Å². The molecular weight excluding hydrogens is 434 g/mol. The Morgan fingerprint density at radius 3 is 2.64 bits per heavy atom. The smallest absolute Gasteiger partial charge is 0.274 e. The average Bonchev–Trinajstić information content (AvgIpc) is 3.41. The van der Waals surface area contributed by atoms with E-state index >= 15 is 0 Å². The zero-order chi connectivity index (χ0) is 22.9. The maximum atomic E-state index is 11.6. The van der Waals surface area contributed by atoms with Crippen LogP contribution in [-0.4, -0.2) is 25.9 Å². The Bertz CT molecular complexity index is 1470. The van der Waals surface area contributed by atoms with Crippen molar-refractivity contribution in [3.63, 3.8) is 0 Å². The van der Waals surface area contributed by atoms with Gasteiger partial charge in [0.15, 0.2) is 5.13 Å². The Morgan fingerprint density at radius 1 is 1.09 bits per heavy atom. The van der Waals surface area contributed by atoms with E-state index in [4.69, 9.17) is 16.0 Å². The van der Waals surface area contributed by atoms with Gasteiger partial charge in [-0.25, -0.2) is 10.5 Å². The lowest BCUT2D eigenvalue weighted by Crippen LogP contribution is -2.18. The Balaban J connectivity index is 1.57. The van der Waals surface area contributed by atoms with Crippen LogP contribution in [0.3, 0.4) is 0 Å².